The third kappa shape index (κ3) is 2.01. The lowest BCUT2D eigenvalue weighted by molar-refractivity contribution is 0.208. The maximum absolute atomic E-state index is 9.40. The van der Waals surface area contributed by atoms with Crippen LogP contribution in [0.15, 0.2) is 17.5 Å². The molecule has 3 heteroatoms. The summed E-state index contributed by atoms with van der Waals surface area (Å²) in [6.45, 7) is 0. The average Bonchev–Trinajstić information content (AvgIpc) is 2.38. The molecule has 1 aromatic rings. The third-order valence-corrected chi connectivity index (χ3v) is 2.82. The average molecular weight is 174 g/mol. The van der Waals surface area contributed by atoms with E-state index in [-0.39, 0.29) is 6.10 Å². The molecule has 0 bridgehead atoms. The number of hydrogen-bond donors (Lipinski definition) is 1. The van der Waals surface area contributed by atoms with Crippen LogP contribution in [-0.2, 0) is 0 Å². The van der Waals surface area contributed by atoms with E-state index in [0.717, 1.165) is 10.6 Å². The Hall–Kier alpha value is 0.01000. The van der Waals surface area contributed by atoms with Gasteiger partial charge in [0.05, 0.1) is 6.10 Å². The molecule has 0 radical (unpaired) electrons. The van der Waals surface area contributed by atoms with Gasteiger partial charge < -0.3 is 5.11 Å². The van der Waals surface area contributed by atoms with Gasteiger partial charge in [0.25, 0.3) is 0 Å². The van der Waals surface area contributed by atoms with Gasteiger partial charge in [0.1, 0.15) is 0 Å². The Morgan fingerprint density at radius 1 is 1.80 bits per heavy atom. The minimum Gasteiger partial charge on any atom is -0.387 e. The van der Waals surface area contributed by atoms with Crippen molar-refractivity contribution >= 4 is 23.1 Å². The summed E-state index contributed by atoms with van der Waals surface area (Å²) in [7, 11) is 0. The second-order valence-electron chi connectivity index (χ2n) is 1.99. The number of thiophene rings is 1. The molecule has 0 fully saturated rings. The Morgan fingerprint density at radius 2 is 2.60 bits per heavy atom. The van der Waals surface area contributed by atoms with Crippen LogP contribution in [0.5, 0.6) is 0 Å². The number of thioether (sulfide) groups is 1. The fourth-order valence-corrected chi connectivity index (χ4v) is 2.03. The van der Waals surface area contributed by atoms with Gasteiger partial charge in [0.2, 0.25) is 0 Å². The maximum atomic E-state index is 9.40. The molecule has 0 spiro atoms. The summed E-state index contributed by atoms with van der Waals surface area (Å²) in [6, 6.07) is 3.93. The highest BCUT2D eigenvalue weighted by atomic mass is 32.2. The minimum absolute atomic E-state index is 0.269. The molecule has 1 atom stereocenters. The van der Waals surface area contributed by atoms with Crippen LogP contribution in [0.4, 0.5) is 0 Å². The van der Waals surface area contributed by atoms with Gasteiger partial charge in [0.15, 0.2) is 0 Å². The standard InChI is InChI=1S/C7H10OS2/c1-9-5-6(8)7-3-2-4-10-7/h2-4,6,8H,5H2,1H3. The third-order valence-electron chi connectivity index (χ3n) is 1.20. The van der Waals surface area contributed by atoms with Crippen molar-refractivity contribution in [3.05, 3.63) is 22.4 Å². The first-order chi connectivity index (χ1) is 4.84. The van der Waals surface area contributed by atoms with Crippen molar-refractivity contribution in [1.29, 1.82) is 0 Å². The van der Waals surface area contributed by atoms with Gasteiger partial charge in [-0.25, -0.2) is 0 Å². The summed E-state index contributed by atoms with van der Waals surface area (Å²) in [5, 5.41) is 11.4. The summed E-state index contributed by atoms with van der Waals surface area (Å²) in [6.07, 6.45) is 1.73. The van der Waals surface area contributed by atoms with E-state index >= 15 is 0 Å². The molecule has 1 nitrogen and oxygen atoms in total. The van der Waals surface area contributed by atoms with Crippen molar-refractivity contribution in [1.82, 2.24) is 0 Å². The van der Waals surface area contributed by atoms with Crippen LogP contribution in [-0.4, -0.2) is 17.1 Å². The first-order valence-corrected chi connectivity index (χ1v) is 5.32. The highest BCUT2D eigenvalue weighted by Gasteiger charge is 2.05. The van der Waals surface area contributed by atoms with Gasteiger partial charge in [-0.05, 0) is 17.7 Å². The number of rotatable bonds is 3. The summed E-state index contributed by atoms with van der Waals surface area (Å²) >= 11 is 3.27. The topological polar surface area (TPSA) is 20.2 Å². The molecule has 1 heterocycles. The van der Waals surface area contributed by atoms with Crippen molar-refractivity contribution in [2.45, 2.75) is 6.10 Å². The molecular formula is C7H10OS2. The lowest BCUT2D eigenvalue weighted by atomic mass is 10.3. The summed E-state index contributed by atoms with van der Waals surface area (Å²) < 4.78 is 0. The Bertz CT molecular complexity index is 172. The Balaban J connectivity index is 2.50. The molecule has 1 rings (SSSR count). The zero-order valence-corrected chi connectivity index (χ0v) is 7.41. The van der Waals surface area contributed by atoms with E-state index in [1.54, 1.807) is 23.1 Å². The molecule has 56 valence electrons. The van der Waals surface area contributed by atoms with Crippen molar-refractivity contribution in [3.63, 3.8) is 0 Å². The zero-order valence-electron chi connectivity index (χ0n) is 5.78. The molecule has 1 aromatic heterocycles. The minimum atomic E-state index is -0.269. The number of hydrogen-bond acceptors (Lipinski definition) is 3. The normalized spacial score (nSPS) is 13.4. The Labute approximate surface area is 69.1 Å². The zero-order chi connectivity index (χ0) is 7.40. The molecule has 0 aliphatic rings. The smallest absolute Gasteiger partial charge is 0.0971 e. The van der Waals surface area contributed by atoms with Crippen LogP contribution >= 0.6 is 23.1 Å². The van der Waals surface area contributed by atoms with Crippen LogP contribution < -0.4 is 0 Å². The number of aliphatic hydroxyl groups is 1. The van der Waals surface area contributed by atoms with Gasteiger partial charge in [-0.1, -0.05) is 6.07 Å². The quantitative estimate of drug-likeness (QED) is 0.757. The highest BCUT2D eigenvalue weighted by molar-refractivity contribution is 7.98. The Kier molecular flexibility index (Phi) is 3.25. The number of aliphatic hydroxyl groups excluding tert-OH is 1. The maximum Gasteiger partial charge on any atom is 0.0971 e. The van der Waals surface area contributed by atoms with E-state index < -0.39 is 0 Å². The molecule has 10 heavy (non-hydrogen) atoms. The molecule has 1 N–H and O–H groups in total. The van der Waals surface area contributed by atoms with Gasteiger partial charge in [-0.2, -0.15) is 11.8 Å². The van der Waals surface area contributed by atoms with E-state index in [1.165, 1.54) is 0 Å². The monoisotopic (exact) mass is 174 g/mol. The van der Waals surface area contributed by atoms with E-state index in [4.69, 9.17) is 0 Å². The lowest BCUT2D eigenvalue weighted by Gasteiger charge is -2.03. The summed E-state index contributed by atoms with van der Waals surface area (Å²) in [4.78, 5) is 1.06. The molecule has 0 aliphatic carbocycles. The van der Waals surface area contributed by atoms with Gasteiger partial charge in [-0.15, -0.1) is 11.3 Å². The predicted octanol–water partition coefficient (Wildman–Crippen LogP) is 2.14. The van der Waals surface area contributed by atoms with Crippen LogP contribution in [0.25, 0.3) is 0 Å². The van der Waals surface area contributed by atoms with Crippen molar-refractivity contribution in [2.24, 2.45) is 0 Å². The molecule has 0 aromatic carbocycles. The summed E-state index contributed by atoms with van der Waals surface area (Å²) in [5.74, 6) is 0.792. The van der Waals surface area contributed by atoms with E-state index in [1.807, 2.05) is 23.8 Å². The fraction of sp³-hybridized carbons (Fsp3) is 0.429. The lowest BCUT2D eigenvalue weighted by Crippen LogP contribution is -1.96. The van der Waals surface area contributed by atoms with Crippen molar-refractivity contribution in [2.75, 3.05) is 12.0 Å². The molecule has 1 unspecified atom stereocenters. The van der Waals surface area contributed by atoms with E-state index in [9.17, 15) is 5.11 Å². The van der Waals surface area contributed by atoms with Gasteiger partial charge >= 0.3 is 0 Å². The molecule has 0 saturated heterocycles. The van der Waals surface area contributed by atoms with Gasteiger partial charge in [0, 0.05) is 10.6 Å². The second kappa shape index (κ2) is 4.01. The van der Waals surface area contributed by atoms with E-state index in [0.29, 0.717) is 0 Å². The summed E-state index contributed by atoms with van der Waals surface area (Å²) in [5.41, 5.74) is 0. The van der Waals surface area contributed by atoms with Crippen LogP contribution in [0.3, 0.4) is 0 Å². The highest BCUT2D eigenvalue weighted by Crippen LogP contribution is 2.20. The first kappa shape index (κ1) is 8.11. The van der Waals surface area contributed by atoms with Crippen LogP contribution in [0.1, 0.15) is 11.0 Å². The Morgan fingerprint density at radius 3 is 3.10 bits per heavy atom. The van der Waals surface area contributed by atoms with E-state index in [2.05, 4.69) is 0 Å². The molecule has 0 amide bonds. The molecule has 0 aliphatic heterocycles. The first-order valence-electron chi connectivity index (χ1n) is 3.05. The van der Waals surface area contributed by atoms with Crippen LogP contribution in [0, 0.1) is 0 Å². The van der Waals surface area contributed by atoms with Crippen molar-refractivity contribution < 1.29 is 5.11 Å². The predicted molar refractivity (Wildman–Crippen MR) is 47.7 cm³/mol. The van der Waals surface area contributed by atoms with Crippen LogP contribution in [0.2, 0.25) is 0 Å². The molecular weight excluding hydrogens is 164 g/mol. The fourth-order valence-electron chi connectivity index (χ4n) is 0.721. The second-order valence-corrected chi connectivity index (χ2v) is 3.88. The SMILES string of the molecule is CSCC(O)c1cccs1. The largest absolute Gasteiger partial charge is 0.387 e. The van der Waals surface area contributed by atoms with Gasteiger partial charge in [-0.3, -0.25) is 0 Å². The van der Waals surface area contributed by atoms with Crippen molar-refractivity contribution in [3.8, 4) is 0 Å². The molecule has 0 saturated carbocycles.